The van der Waals surface area contributed by atoms with Gasteiger partial charge in [-0.15, -0.1) is 0 Å². The van der Waals surface area contributed by atoms with Crippen molar-refractivity contribution in [3.63, 3.8) is 0 Å². The van der Waals surface area contributed by atoms with Gasteiger partial charge in [-0.1, -0.05) is 24.3 Å². The molecule has 0 atom stereocenters. The number of hydrogen-bond donors (Lipinski definition) is 2. The molecule has 4 heterocycles. The molecular weight excluding hydrogens is 372 g/mol. The zero-order chi connectivity index (χ0) is 19.9. The van der Waals surface area contributed by atoms with E-state index >= 15 is 0 Å². The highest BCUT2D eigenvalue weighted by Gasteiger charge is 2.14. The molecule has 2 aromatic carbocycles. The Balaban J connectivity index is 1.52. The maximum Gasteiger partial charge on any atom is 0.116 e. The van der Waals surface area contributed by atoms with Crippen LogP contribution in [-0.4, -0.2) is 30.1 Å². The molecule has 0 bridgehead atoms. The second-order valence-corrected chi connectivity index (χ2v) is 7.12. The van der Waals surface area contributed by atoms with Gasteiger partial charge >= 0.3 is 0 Å². The van der Waals surface area contributed by atoms with Crippen molar-refractivity contribution < 1.29 is 0 Å². The molecule has 0 aliphatic rings. The van der Waals surface area contributed by atoms with E-state index in [1.165, 1.54) is 6.33 Å². The highest BCUT2D eigenvalue weighted by molar-refractivity contribution is 6.01. The fourth-order valence-corrected chi connectivity index (χ4v) is 3.88. The number of fused-ring (bicyclic) bond motifs is 2. The topological polar surface area (TPSA) is 83.1 Å². The molecule has 6 heteroatoms. The van der Waals surface area contributed by atoms with Gasteiger partial charge in [-0.25, -0.2) is 9.97 Å². The molecule has 0 aliphatic carbocycles. The summed E-state index contributed by atoms with van der Waals surface area (Å²) in [6.45, 7) is 0. The molecule has 142 valence electrons. The lowest BCUT2D eigenvalue weighted by molar-refractivity contribution is 1.12. The van der Waals surface area contributed by atoms with E-state index in [1.54, 1.807) is 0 Å². The normalized spacial score (nSPS) is 11.3. The Kier molecular flexibility index (Phi) is 3.67. The van der Waals surface area contributed by atoms with E-state index in [4.69, 9.17) is 0 Å². The summed E-state index contributed by atoms with van der Waals surface area (Å²) in [7, 11) is 0. The van der Waals surface area contributed by atoms with Crippen molar-refractivity contribution in [1.82, 2.24) is 30.1 Å². The summed E-state index contributed by atoms with van der Waals surface area (Å²) >= 11 is 0. The van der Waals surface area contributed by atoms with Crippen molar-refractivity contribution in [3.8, 4) is 33.8 Å². The van der Waals surface area contributed by atoms with Crippen LogP contribution in [0.5, 0.6) is 0 Å². The second-order valence-electron chi connectivity index (χ2n) is 7.12. The first-order chi connectivity index (χ1) is 14.9. The first kappa shape index (κ1) is 16.6. The minimum absolute atomic E-state index is 0.881. The smallest absolute Gasteiger partial charge is 0.116 e. The van der Waals surface area contributed by atoms with E-state index < -0.39 is 0 Å². The maximum atomic E-state index is 4.59. The van der Waals surface area contributed by atoms with Crippen molar-refractivity contribution in [2.24, 2.45) is 0 Å². The molecule has 0 unspecified atom stereocenters. The van der Waals surface area contributed by atoms with Gasteiger partial charge in [-0.05, 0) is 42.0 Å². The zero-order valence-electron chi connectivity index (χ0n) is 15.9. The van der Waals surface area contributed by atoms with Crippen LogP contribution >= 0.6 is 0 Å². The summed E-state index contributed by atoms with van der Waals surface area (Å²) in [6.07, 6.45) is 6.98. The first-order valence-electron chi connectivity index (χ1n) is 9.64. The Morgan fingerprint density at radius 3 is 2.53 bits per heavy atom. The van der Waals surface area contributed by atoms with Gasteiger partial charge in [0.05, 0.1) is 16.9 Å². The highest BCUT2D eigenvalue weighted by atomic mass is 15.1. The SMILES string of the molecule is c1ccc(-c2cccc3[nH]c(-c4n[nH]c5ccc(-c6cncnc6)cc45)cc23)nc1. The standard InChI is InChI=1S/C24H16N6/c1-2-9-27-20(5-1)17-4-3-6-21-18(17)11-23(28-21)24-19-10-15(7-8-22(19)29-30-24)16-12-25-14-26-13-16/h1-14,28H,(H,29,30). The molecule has 6 nitrogen and oxygen atoms in total. The third-order valence-corrected chi connectivity index (χ3v) is 5.32. The van der Waals surface area contributed by atoms with E-state index in [1.807, 2.05) is 55.0 Å². The fraction of sp³-hybridized carbons (Fsp3) is 0. The zero-order valence-corrected chi connectivity index (χ0v) is 15.9. The second kappa shape index (κ2) is 6.63. The van der Waals surface area contributed by atoms with Crippen LogP contribution in [0.15, 0.2) is 85.6 Å². The van der Waals surface area contributed by atoms with Crippen LogP contribution in [0.3, 0.4) is 0 Å². The van der Waals surface area contributed by atoms with Crippen LogP contribution < -0.4 is 0 Å². The third-order valence-electron chi connectivity index (χ3n) is 5.32. The van der Waals surface area contributed by atoms with Crippen molar-refractivity contribution >= 4 is 21.8 Å². The summed E-state index contributed by atoms with van der Waals surface area (Å²) < 4.78 is 0. The number of benzene rings is 2. The lowest BCUT2D eigenvalue weighted by Crippen LogP contribution is -1.83. The van der Waals surface area contributed by atoms with Gasteiger partial charge in [0, 0.05) is 46.0 Å². The van der Waals surface area contributed by atoms with Gasteiger partial charge in [0.25, 0.3) is 0 Å². The van der Waals surface area contributed by atoms with Crippen LogP contribution in [0.25, 0.3) is 55.6 Å². The van der Waals surface area contributed by atoms with Crippen LogP contribution in [0, 0.1) is 0 Å². The number of nitrogens with one attached hydrogen (secondary N) is 2. The predicted octanol–water partition coefficient (Wildman–Crippen LogP) is 5.23. The van der Waals surface area contributed by atoms with Crippen LogP contribution in [0.4, 0.5) is 0 Å². The number of aromatic nitrogens is 6. The number of hydrogen-bond acceptors (Lipinski definition) is 4. The lowest BCUT2D eigenvalue weighted by Gasteiger charge is -2.01. The molecule has 4 aromatic heterocycles. The molecule has 0 aliphatic heterocycles. The van der Waals surface area contributed by atoms with Crippen LogP contribution in [0.1, 0.15) is 0 Å². The number of pyridine rings is 1. The van der Waals surface area contributed by atoms with Gasteiger partial charge in [-0.3, -0.25) is 10.1 Å². The summed E-state index contributed by atoms with van der Waals surface area (Å²) in [4.78, 5) is 16.3. The van der Waals surface area contributed by atoms with Crippen LogP contribution in [-0.2, 0) is 0 Å². The quantitative estimate of drug-likeness (QED) is 0.435. The van der Waals surface area contributed by atoms with Gasteiger partial charge in [-0.2, -0.15) is 5.10 Å². The summed E-state index contributed by atoms with van der Waals surface area (Å²) in [5.41, 5.74) is 7.94. The molecule has 0 radical (unpaired) electrons. The minimum Gasteiger partial charge on any atom is -0.353 e. The van der Waals surface area contributed by atoms with Crippen molar-refractivity contribution in [1.29, 1.82) is 0 Å². The monoisotopic (exact) mass is 388 g/mol. The highest BCUT2D eigenvalue weighted by Crippen LogP contribution is 2.34. The Bertz CT molecular complexity index is 1480. The number of nitrogens with zero attached hydrogens (tertiary/aromatic N) is 4. The maximum absolute atomic E-state index is 4.59. The van der Waals surface area contributed by atoms with E-state index in [0.29, 0.717) is 0 Å². The molecule has 0 saturated heterocycles. The van der Waals surface area contributed by atoms with Crippen LogP contribution in [0.2, 0.25) is 0 Å². The molecule has 2 N–H and O–H groups in total. The average molecular weight is 388 g/mol. The van der Waals surface area contributed by atoms with E-state index in [9.17, 15) is 0 Å². The molecule has 30 heavy (non-hydrogen) atoms. The summed E-state index contributed by atoms with van der Waals surface area (Å²) in [5, 5.41) is 9.90. The van der Waals surface area contributed by atoms with Crippen molar-refractivity contribution in [2.75, 3.05) is 0 Å². The summed E-state index contributed by atoms with van der Waals surface area (Å²) in [6, 6.07) is 20.5. The molecular formula is C24H16N6. The molecule has 6 rings (SSSR count). The molecule has 0 saturated carbocycles. The van der Waals surface area contributed by atoms with Gasteiger partial charge in [0.1, 0.15) is 12.0 Å². The number of H-pyrrole nitrogens is 2. The Hall–Kier alpha value is -4.32. The molecule has 0 amide bonds. The Labute approximate surface area is 171 Å². The van der Waals surface area contributed by atoms with Gasteiger partial charge in [0.2, 0.25) is 0 Å². The van der Waals surface area contributed by atoms with E-state index in [0.717, 1.165) is 55.6 Å². The third kappa shape index (κ3) is 2.66. The van der Waals surface area contributed by atoms with Crippen molar-refractivity contribution in [2.45, 2.75) is 0 Å². The first-order valence-corrected chi connectivity index (χ1v) is 9.64. The van der Waals surface area contributed by atoms with E-state index in [-0.39, 0.29) is 0 Å². The van der Waals surface area contributed by atoms with E-state index in [2.05, 4.69) is 54.4 Å². The Morgan fingerprint density at radius 2 is 1.67 bits per heavy atom. The number of rotatable bonds is 3. The Morgan fingerprint density at radius 1 is 0.733 bits per heavy atom. The van der Waals surface area contributed by atoms with Crippen molar-refractivity contribution in [3.05, 3.63) is 85.6 Å². The number of aromatic amines is 2. The largest absolute Gasteiger partial charge is 0.353 e. The average Bonchev–Trinajstić information content (AvgIpc) is 3.43. The predicted molar refractivity (Wildman–Crippen MR) is 118 cm³/mol. The van der Waals surface area contributed by atoms with Gasteiger partial charge < -0.3 is 4.98 Å². The fourth-order valence-electron chi connectivity index (χ4n) is 3.88. The van der Waals surface area contributed by atoms with Gasteiger partial charge in [0.15, 0.2) is 0 Å². The summed E-state index contributed by atoms with van der Waals surface area (Å²) in [5.74, 6) is 0. The molecule has 0 spiro atoms. The molecule has 6 aromatic rings. The molecule has 0 fully saturated rings. The lowest BCUT2D eigenvalue weighted by atomic mass is 10.0. The minimum atomic E-state index is 0.881.